The van der Waals surface area contributed by atoms with Crippen molar-refractivity contribution in [3.8, 4) is 0 Å². The van der Waals surface area contributed by atoms with E-state index in [9.17, 15) is 8.78 Å². The van der Waals surface area contributed by atoms with E-state index in [0.717, 1.165) is 18.9 Å². The van der Waals surface area contributed by atoms with E-state index < -0.39 is 20.0 Å². The van der Waals surface area contributed by atoms with Crippen LogP contribution in [0.1, 0.15) is 61.9 Å². The highest BCUT2D eigenvalue weighted by atomic mass is 28.3. The van der Waals surface area contributed by atoms with Gasteiger partial charge in [0, 0.05) is 40.7 Å². The third-order valence-electron chi connectivity index (χ3n) is 7.35. The van der Waals surface area contributed by atoms with Gasteiger partial charge in [0.25, 0.3) is 0 Å². The number of benzene rings is 1. The average molecular weight is 498 g/mol. The van der Waals surface area contributed by atoms with Crippen molar-refractivity contribution in [3.63, 3.8) is 0 Å². The molecule has 1 aromatic carbocycles. The Hall–Kier alpha value is -1.42. The molecule has 0 amide bonds. The Morgan fingerprint density at radius 3 is 2.50 bits per heavy atom. The monoisotopic (exact) mass is 497 g/mol. The van der Waals surface area contributed by atoms with E-state index >= 15 is 4.39 Å². The molecular formula is C25H38F3N3O2Si. The van der Waals surface area contributed by atoms with E-state index in [4.69, 9.17) is 20.2 Å². The van der Waals surface area contributed by atoms with E-state index in [1.807, 2.05) is 12.1 Å². The predicted octanol–water partition coefficient (Wildman–Crippen LogP) is 6.21. The van der Waals surface area contributed by atoms with Crippen LogP contribution in [0.4, 0.5) is 13.2 Å². The smallest absolute Gasteiger partial charge is 0.248 e. The number of nitrogens with two attached hydrogens (primary N) is 1. The molecule has 1 saturated heterocycles. The summed E-state index contributed by atoms with van der Waals surface area (Å²) in [7, 11) is -1.28. The quantitative estimate of drug-likeness (QED) is 0.348. The van der Waals surface area contributed by atoms with Crippen LogP contribution < -0.4 is 5.73 Å². The van der Waals surface area contributed by atoms with Crippen LogP contribution in [-0.2, 0) is 16.2 Å². The van der Waals surface area contributed by atoms with Gasteiger partial charge < -0.3 is 15.2 Å². The number of alkyl halides is 2. The first-order valence-electron chi connectivity index (χ1n) is 12.5. The van der Waals surface area contributed by atoms with Crippen LogP contribution in [0.15, 0.2) is 12.1 Å². The molecule has 1 aliphatic heterocycles. The van der Waals surface area contributed by atoms with Crippen LogP contribution in [0, 0.1) is 11.7 Å². The normalized spacial score (nSPS) is 21.3. The molecule has 2 heterocycles. The summed E-state index contributed by atoms with van der Waals surface area (Å²) in [6.45, 7) is 8.84. The van der Waals surface area contributed by atoms with Crippen LogP contribution in [0.3, 0.4) is 0 Å². The number of hydrogen-bond acceptors (Lipinski definition) is 4. The molecule has 0 unspecified atom stereocenters. The zero-order valence-electron chi connectivity index (χ0n) is 20.6. The second-order valence-corrected chi connectivity index (χ2v) is 16.8. The molecule has 0 bridgehead atoms. The maximum absolute atomic E-state index is 15.9. The molecule has 2 aromatic rings. The van der Waals surface area contributed by atoms with Gasteiger partial charge in [-0.3, -0.25) is 4.57 Å². The second-order valence-electron chi connectivity index (χ2n) is 11.2. The number of ether oxygens (including phenoxy) is 2. The Labute approximate surface area is 201 Å². The number of rotatable bonds is 8. The lowest BCUT2D eigenvalue weighted by Gasteiger charge is -2.31. The molecule has 2 N–H and O–H groups in total. The van der Waals surface area contributed by atoms with Crippen LogP contribution >= 0.6 is 0 Å². The molecule has 1 aliphatic carbocycles. The number of aromatic nitrogens is 2. The van der Waals surface area contributed by atoms with E-state index in [1.165, 1.54) is 0 Å². The number of nitrogens with zero attached hydrogens (tertiary/aromatic N) is 2. The topological polar surface area (TPSA) is 62.3 Å². The summed E-state index contributed by atoms with van der Waals surface area (Å²) in [4.78, 5) is 4.71. The van der Waals surface area contributed by atoms with Gasteiger partial charge in [-0.2, -0.15) is 0 Å². The summed E-state index contributed by atoms with van der Waals surface area (Å²) in [5, 5.41) is 0. The minimum absolute atomic E-state index is 0.104. The van der Waals surface area contributed by atoms with Crippen molar-refractivity contribution in [1.82, 2.24) is 9.55 Å². The average Bonchev–Trinajstić information content (AvgIpc) is 3.16. The van der Waals surface area contributed by atoms with Crippen molar-refractivity contribution in [1.29, 1.82) is 0 Å². The summed E-state index contributed by atoms with van der Waals surface area (Å²) in [5.41, 5.74) is 8.23. The third-order valence-corrected chi connectivity index (χ3v) is 9.06. The zero-order chi connectivity index (χ0) is 24.5. The Bertz CT molecular complexity index is 976. The van der Waals surface area contributed by atoms with E-state index in [1.54, 1.807) is 4.57 Å². The molecule has 1 aromatic heterocycles. The van der Waals surface area contributed by atoms with Gasteiger partial charge >= 0.3 is 0 Å². The molecule has 0 spiro atoms. The van der Waals surface area contributed by atoms with Crippen LogP contribution in [0.5, 0.6) is 0 Å². The molecule has 9 heteroatoms. The molecule has 0 radical (unpaired) electrons. The first-order chi connectivity index (χ1) is 16.1. The molecule has 1 atom stereocenters. The first kappa shape index (κ1) is 25.7. The van der Waals surface area contributed by atoms with Crippen LogP contribution in [-0.4, -0.2) is 43.4 Å². The summed E-state index contributed by atoms with van der Waals surface area (Å²) >= 11 is 0. The molecular weight excluding hydrogens is 459 g/mol. The maximum atomic E-state index is 15.9. The number of fused-ring (bicyclic) bond motifs is 1. The first-order valence-corrected chi connectivity index (χ1v) is 16.2. The van der Waals surface area contributed by atoms with Gasteiger partial charge in [0.2, 0.25) is 5.92 Å². The van der Waals surface area contributed by atoms with E-state index in [-0.39, 0.29) is 37.2 Å². The summed E-state index contributed by atoms with van der Waals surface area (Å²) in [6, 6.07) is 4.13. The molecule has 2 fully saturated rings. The van der Waals surface area contributed by atoms with Gasteiger partial charge in [-0.1, -0.05) is 25.7 Å². The number of imidazole rings is 1. The highest BCUT2D eigenvalue weighted by Crippen LogP contribution is 2.41. The van der Waals surface area contributed by atoms with Gasteiger partial charge in [0.15, 0.2) is 5.82 Å². The molecule has 190 valence electrons. The molecule has 34 heavy (non-hydrogen) atoms. The fourth-order valence-electron chi connectivity index (χ4n) is 5.09. The minimum atomic E-state index is -2.62. The van der Waals surface area contributed by atoms with Crippen molar-refractivity contribution < 1.29 is 22.6 Å². The summed E-state index contributed by atoms with van der Waals surface area (Å²) < 4.78 is 56.6. The Morgan fingerprint density at radius 2 is 1.85 bits per heavy atom. The Kier molecular flexibility index (Phi) is 7.76. The van der Waals surface area contributed by atoms with Gasteiger partial charge in [-0.25, -0.2) is 18.2 Å². The van der Waals surface area contributed by atoms with Gasteiger partial charge in [0.1, 0.15) is 18.1 Å². The summed E-state index contributed by atoms with van der Waals surface area (Å²) in [5.74, 6) is -2.39. The van der Waals surface area contributed by atoms with Crippen molar-refractivity contribution in [2.75, 3.05) is 19.8 Å². The second kappa shape index (κ2) is 10.3. The SMILES string of the molecule is C[Si](C)(C)CCOCn1c([C@@H](N)C2CCC(F)(F)CC2)nc2ccc(C3CCOCC3)c(F)c21. The molecule has 5 nitrogen and oxygen atoms in total. The molecule has 4 rings (SSSR count). The van der Waals surface area contributed by atoms with Gasteiger partial charge in [-0.05, 0) is 55.2 Å². The van der Waals surface area contributed by atoms with E-state index in [0.29, 0.717) is 55.1 Å². The largest absolute Gasteiger partial charge is 0.381 e. The van der Waals surface area contributed by atoms with Crippen molar-refractivity contribution in [3.05, 3.63) is 29.3 Å². The Morgan fingerprint density at radius 1 is 1.18 bits per heavy atom. The van der Waals surface area contributed by atoms with E-state index in [2.05, 4.69) is 19.6 Å². The highest BCUT2D eigenvalue weighted by Gasteiger charge is 2.38. The fraction of sp³-hybridized carbons (Fsp3) is 0.720. The highest BCUT2D eigenvalue weighted by molar-refractivity contribution is 6.76. The lowest BCUT2D eigenvalue weighted by atomic mass is 9.82. The van der Waals surface area contributed by atoms with Gasteiger partial charge in [0.05, 0.1) is 11.6 Å². The van der Waals surface area contributed by atoms with Crippen LogP contribution in [0.25, 0.3) is 11.0 Å². The van der Waals surface area contributed by atoms with Crippen LogP contribution in [0.2, 0.25) is 25.7 Å². The standard InChI is InChI=1S/C25H38F3N3O2Si/c1-34(2,3)15-14-33-16-31-23-20(5-4-19(21(23)26)17-8-12-32-13-9-17)30-24(31)22(29)18-6-10-25(27,28)11-7-18/h4-5,17-18,22H,6-16,29H2,1-3H3/t22-/m0/s1. The Balaban J connectivity index is 1.66. The third kappa shape index (κ3) is 5.86. The lowest BCUT2D eigenvalue weighted by Crippen LogP contribution is -2.32. The zero-order valence-corrected chi connectivity index (χ0v) is 21.6. The number of hydrogen-bond donors (Lipinski definition) is 1. The minimum Gasteiger partial charge on any atom is -0.381 e. The summed E-state index contributed by atoms with van der Waals surface area (Å²) in [6.07, 6.45) is 1.91. The maximum Gasteiger partial charge on any atom is 0.248 e. The molecule has 2 aliphatic rings. The molecule has 1 saturated carbocycles. The van der Waals surface area contributed by atoms with Crippen molar-refractivity contribution in [2.24, 2.45) is 11.7 Å². The fourth-order valence-corrected chi connectivity index (χ4v) is 5.85. The predicted molar refractivity (Wildman–Crippen MR) is 130 cm³/mol. The number of halogens is 3. The van der Waals surface area contributed by atoms with Gasteiger partial charge in [-0.15, -0.1) is 0 Å². The lowest BCUT2D eigenvalue weighted by molar-refractivity contribution is -0.0489. The van der Waals surface area contributed by atoms with Crippen molar-refractivity contribution in [2.45, 2.75) is 88.8 Å². The van der Waals surface area contributed by atoms with Crippen molar-refractivity contribution >= 4 is 19.1 Å².